The minimum absolute atomic E-state index is 1.12. The van der Waals surface area contributed by atoms with Crippen molar-refractivity contribution in [1.82, 2.24) is 0 Å². The third-order valence-electron chi connectivity index (χ3n) is 9.26. The highest BCUT2D eigenvalue weighted by molar-refractivity contribution is 7.25. The van der Waals surface area contributed by atoms with Crippen LogP contribution in [0.15, 0.2) is 188 Å². The Balaban J connectivity index is 1.03. The summed E-state index contributed by atoms with van der Waals surface area (Å²) in [4.78, 5) is 2.33. The number of fused-ring (bicyclic) bond motifs is 4. The Morgan fingerprint density at radius 2 is 0.812 bits per heavy atom. The van der Waals surface area contributed by atoms with Gasteiger partial charge in [0, 0.05) is 37.2 Å². The second kappa shape index (κ2) is 12.0. The third-order valence-corrected chi connectivity index (χ3v) is 10.4. The van der Waals surface area contributed by atoms with E-state index in [4.69, 9.17) is 0 Å². The highest BCUT2D eigenvalue weighted by Gasteiger charge is 2.14. The van der Waals surface area contributed by atoms with E-state index < -0.39 is 0 Å². The van der Waals surface area contributed by atoms with E-state index >= 15 is 0 Å². The molecule has 0 amide bonds. The fourth-order valence-electron chi connectivity index (χ4n) is 6.78. The molecule has 1 nitrogen and oxygen atoms in total. The van der Waals surface area contributed by atoms with Crippen LogP contribution in [0.4, 0.5) is 17.1 Å². The number of rotatable bonds is 6. The first-order valence-corrected chi connectivity index (χ1v) is 17.2. The van der Waals surface area contributed by atoms with Crippen LogP contribution in [-0.2, 0) is 0 Å². The monoisotopic (exact) mass is 629 g/mol. The number of benzene rings is 8. The van der Waals surface area contributed by atoms with Crippen molar-refractivity contribution < 1.29 is 0 Å². The quantitative estimate of drug-likeness (QED) is 0.177. The number of para-hydroxylation sites is 1. The molecule has 0 N–H and O–H groups in total. The summed E-state index contributed by atoms with van der Waals surface area (Å²) in [5, 5.41) is 5.19. The van der Waals surface area contributed by atoms with Gasteiger partial charge in [0.1, 0.15) is 0 Å². The van der Waals surface area contributed by atoms with Crippen molar-refractivity contribution in [3.05, 3.63) is 188 Å². The van der Waals surface area contributed by atoms with Crippen LogP contribution in [0.5, 0.6) is 0 Å². The molecule has 0 aliphatic heterocycles. The summed E-state index contributed by atoms with van der Waals surface area (Å²) in [6.07, 6.45) is 0. The Morgan fingerprint density at radius 3 is 1.56 bits per heavy atom. The number of nitrogens with zero attached hydrogens (tertiary/aromatic N) is 1. The standard InChI is InChI=1S/C46H31NS/c1-2-13-40(14-3-1)47(42-26-21-34(22-27-42)39-23-28-44-43-15-6-7-16-45(43)48-46(44)31-39)41-24-19-33(20-25-41)36-11-8-12-37(29-36)38-18-17-32-9-4-5-10-35(32)30-38/h1-31H. The summed E-state index contributed by atoms with van der Waals surface area (Å²) in [5.41, 5.74) is 10.7. The van der Waals surface area contributed by atoms with Gasteiger partial charge in [-0.2, -0.15) is 0 Å². The molecular formula is C46H31NS. The van der Waals surface area contributed by atoms with E-state index in [1.165, 1.54) is 64.3 Å². The molecular weight excluding hydrogens is 599 g/mol. The first-order chi connectivity index (χ1) is 23.8. The number of thiophene rings is 1. The third kappa shape index (κ3) is 5.23. The van der Waals surface area contributed by atoms with Crippen LogP contribution < -0.4 is 4.90 Å². The lowest BCUT2D eigenvalue weighted by atomic mass is 9.97. The SMILES string of the molecule is c1ccc(N(c2ccc(-c3cccc(-c4ccc5ccccc5c4)c3)cc2)c2ccc(-c3ccc4c(c3)sc3ccccc34)cc2)cc1. The minimum atomic E-state index is 1.12. The van der Waals surface area contributed by atoms with E-state index in [1.54, 1.807) is 0 Å². The van der Waals surface area contributed by atoms with Crippen LogP contribution in [0.3, 0.4) is 0 Å². The predicted octanol–water partition coefficient (Wildman–Crippen LogP) is 13.7. The fourth-order valence-corrected chi connectivity index (χ4v) is 7.93. The Bertz CT molecular complexity index is 2540. The molecule has 9 rings (SSSR count). The molecule has 1 aromatic heterocycles. The Hall–Kier alpha value is -5.96. The van der Waals surface area contributed by atoms with Crippen molar-refractivity contribution in [2.45, 2.75) is 0 Å². The molecule has 0 bridgehead atoms. The van der Waals surface area contributed by atoms with Crippen molar-refractivity contribution in [3.63, 3.8) is 0 Å². The lowest BCUT2D eigenvalue weighted by Crippen LogP contribution is -2.09. The maximum atomic E-state index is 2.33. The second-order valence-electron chi connectivity index (χ2n) is 12.2. The summed E-state index contributed by atoms with van der Waals surface area (Å²) >= 11 is 1.86. The smallest absolute Gasteiger partial charge is 0.0462 e. The molecule has 1 heterocycles. The zero-order valence-corrected chi connectivity index (χ0v) is 27.1. The van der Waals surface area contributed by atoms with Crippen LogP contribution in [0.2, 0.25) is 0 Å². The van der Waals surface area contributed by atoms with Crippen molar-refractivity contribution >= 4 is 59.3 Å². The van der Waals surface area contributed by atoms with E-state index in [9.17, 15) is 0 Å². The first-order valence-electron chi connectivity index (χ1n) is 16.3. The van der Waals surface area contributed by atoms with E-state index in [2.05, 4.69) is 193 Å². The zero-order chi connectivity index (χ0) is 31.9. The summed E-state index contributed by atoms with van der Waals surface area (Å²) < 4.78 is 2.66. The molecule has 0 saturated carbocycles. The normalized spacial score (nSPS) is 11.3. The molecule has 0 unspecified atom stereocenters. The average Bonchev–Trinajstić information content (AvgIpc) is 3.54. The lowest BCUT2D eigenvalue weighted by Gasteiger charge is -2.26. The molecule has 9 aromatic rings. The minimum Gasteiger partial charge on any atom is -0.311 e. The molecule has 0 saturated heterocycles. The number of anilines is 3. The van der Waals surface area contributed by atoms with Gasteiger partial charge in [0.05, 0.1) is 0 Å². The van der Waals surface area contributed by atoms with E-state index in [0.717, 1.165) is 17.1 Å². The Morgan fingerprint density at radius 1 is 0.292 bits per heavy atom. The fraction of sp³-hybridized carbons (Fsp3) is 0. The molecule has 0 radical (unpaired) electrons. The molecule has 226 valence electrons. The number of hydrogen-bond acceptors (Lipinski definition) is 2. The molecule has 48 heavy (non-hydrogen) atoms. The highest BCUT2D eigenvalue weighted by Crippen LogP contribution is 2.39. The first kappa shape index (κ1) is 28.3. The molecule has 8 aromatic carbocycles. The summed E-state index contributed by atoms with van der Waals surface area (Å²) in [6.45, 7) is 0. The Kier molecular flexibility index (Phi) is 7.07. The van der Waals surface area contributed by atoms with Crippen LogP contribution in [0.1, 0.15) is 0 Å². The van der Waals surface area contributed by atoms with Crippen LogP contribution >= 0.6 is 11.3 Å². The number of hydrogen-bond donors (Lipinski definition) is 0. The van der Waals surface area contributed by atoms with Gasteiger partial charge in [-0.15, -0.1) is 11.3 Å². The van der Waals surface area contributed by atoms with Crippen LogP contribution in [-0.4, -0.2) is 0 Å². The highest BCUT2D eigenvalue weighted by atomic mass is 32.1. The maximum Gasteiger partial charge on any atom is 0.0462 e. The lowest BCUT2D eigenvalue weighted by molar-refractivity contribution is 1.28. The van der Waals surface area contributed by atoms with Gasteiger partial charge in [-0.05, 0) is 105 Å². The Labute approximate surface area is 284 Å². The van der Waals surface area contributed by atoms with Gasteiger partial charge in [0.25, 0.3) is 0 Å². The van der Waals surface area contributed by atoms with Gasteiger partial charge in [0.2, 0.25) is 0 Å². The van der Waals surface area contributed by atoms with Gasteiger partial charge >= 0.3 is 0 Å². The van der Waals surface area contributed by atoms with Crippen molar-refractivity contribution in [2.24, 2.45) is 0 Å². The average molecular weight is 630 g/mol. The summed E-state index contributed by atoms with van der Waals surface area (Å²) in [6, 6.07) is 68.1. The van der Waals surface area contributed by atoms with Crippen molar-refractivity contribution in [1.29, 1.82) is 0 Å². The summed E-state index contributed by atoms with van der Waals surface area (Å²) in [5.74, 6) is 0. The summed E-state index contributed by atoms with van der Waals surface area (Å²) in [7, 11) is 0. The topological polar surface area (TPSA) is 3.24 Å². The van der Waals surface area contributed by atoms with Gasteiger partial charge in [-0.1, -0.05) is 127 Å². The van der Waals surface area contributed by atoms with Gasteiger partial charge in [-0.25, -0.2) is 0 Å². The molecule has 0 spiro atoms. The van der Waals surface area contributed by atoms with E-state index in [0.29, 0.717) is 0 Å². The van der Waals surface area contributed by atoms with E-state index in [1.807, 2.05) is 11.3 Å². The van der Waals surface area contributed by atoms with Crippen LogP contribution in [0, 0.1) is 0 Å². The molecule has 0 aliphatic carbocycles. The zero-order valence-electron chi connectivity index (χ0n) is 26.3. The molecule has 0 aliphatic rings. The van der Waals surface area contributed by atoms with Crippen molar-refractivity contribution in [3.8, 4) is 33.4 Å². The van der Waals surface area contributed by atoms with E-state index in [-0.39, 0.29) is 0 Å². The molecule has 2 heteroatoms. The van der Waals surface area contributed by atoms with Gasteiger partial charge < -0.3 is 4.90 Å². The predicted molar refractivity (Wildman–Crippen MR) is 208 cm³/mol. The van der Waals surface area contributed by atoms with Crippen molar-refractivity contribution in [2.75, 3.05) is 4.90 Å². The largest absolute Gasteiger partial charge is 0.311 e. The maximum absolute atomic E-state index is 2.33. The second-order valence-corrected chi connectivity index (χ2v) is 13.3. The van der Waals surface area contributed by atoms with Crippen LogP contribution in [0.25, 0.3) is 64.3 Å². The molecule has 0 fully saturated rings. The van der Waals surface area contributed by atoms with Gasteiger partial charge in [0.15, 0.2) is 0 Å². The molecule has 0 atom stereocenters. The van der Waals surface area contributed by atoms with Gasteiger partial charge in [-0.3, -0.25) is 0 Å².